The van der Waals surface area contributed by atoms with Crippen molar-refractivity contribution in [3.63, 3.8) is 0 Å². The molecule has 0 aliphatic heterocycles. The number of aromatic nitrogens is 2. The second-order valence-electron chi connectivity index (χ2n) is 6.73. The average molecular weight is 440 g/mol. The Bertz CT molecular complexity index is 1300. The number of carbonyl (C=O) groups is 1. The molecule has 2 aromatic heterocycles. The molecule has 0 aliphatic carbocycles. The van der Waals surface area contributed by atoms with Gasteiger partial charge in [-0.15, -0.1) is 0 Å². The molecule has 0 unspecified atom stereocenters. The molecule has 4 rings (SSSR count). The van der Waals surface area contributed by atoms with E-state index in [2.05, 4.69) is 10.3 Å². The molecule has 0 fully saturated rings. The number of nitrogens with zero attached hydrogens (tertiary/aromatic N) is 2. The maximum absolute atomic E-state index is 13.2. The average Bonchev–Trinajstić information content (AvgIpc) is 3.13. The summed E-state index contributed by atoms with van der Waals surface area (Å²) >= 11 is 5.89. The molecule has 1 amide bonds. The van der Waals surface area contributed by atoms with Crippen LogP contribution in [0.3, 0.4) is 0 Å². The summed E-state index contributed by atoms with van der Waals surface area (Å²) in [5.41, 5.74) is 1.60. The van der Waals surface area contributed by atoms with Crippen molar-refractivity contribution in [3.8, 4) is 0 Å². The van der Waals surface area contributed by atoms with E-state index >= 15 is 0 Å². The normalized spacial score (nSPS) is 11.5. The molecule has 4 aromatic rings. The van der Waals surface area contributed by atoms with Crippen LogP contribution >= 0.6 is 11.6 Å². The lowest BCUT2D eigenvalue weighted by Gasteiger charge is -2.07. The van der Waals surface area contributed by atoms with Gasteiger partial charge >= 0.3 is 0 Å². The number of halogens is 1. The fourth-order valence-corrected chi connectivity index (χ4v) is 4.81. The monoisotopic (exact) mass is 439 g/mol. The zero-order valence-electron chi connectivity index (χ0n) is 15.8. The Hall–Kier alpha value is -3.16. The highest BCUT2D eigenvalue weighted by Gasteiger charge is 2.23. The zero-order chi connectivity index (χ0) is 21.1. The Labute approximate surface area is 179 Å². The number of carbonyl (C=O) groups excluding carboxylic acids is 1. The molecule has 0 aliphatic rings. The SMILES string of the molecule is O=C(Cn1cc(S(=O)(=O)c2ccc(Cl)cc2)c2ccccc21)NCc1ccncc1. The van der Waals surface area contributed by atoms with Crippen LogP contribution in [0.4, 0.5) is 0 Å². The van der Waals surface area contributed by atoms with Crippen molar-refractivity contribution in [3.05, 3.63) is 89.8 Å². The van der Waals surface area contributed by atoms with Crippen LogP contribution in [0.2, 0.25) is 5.02 Å². The van der Waals surface area contributed by atoms with Crippen molar-refractivity contribution in [1.82, 2.24) is 14.9 Å². The third kappa shape index (κ3) is 4.08. The van der Waals surface area contributed by atoms with E-state index < -0.39 is 9.84 Å². The molecule has 0 saturated heterocycles. The van der Waals surface area contributed by atoms with E-state index in [-0.39, 0.29) is 22.2 Å². The summed E-state index contributed by atoms with van der Waals surface area (Å²) in [7, 11) is -3.77. The number of fused-ring (bicyclic) bond motifs is 1. The number of hydrogen-bond donors (Lipinski definition) is 1. The van der Waals surface area contributed by atoms with Crippen molar-refractivity contribution in [2.75, 3.05) is 0 Å². The number of hydrogen-bond acceptors (Lipinski definition) is 4. The summed E-state index contributed by atoms with van der Waals surface area (Å²) in [5, 5.41) is 3.87. The lowest BCUT2D eigenvalue weighted by Crippen LogP contribution is -2.26. The fraction of sp³-hybridized carbons (Fsp3) is 0.0909. The Morgan fingerprint density at radius 3 is 2.43 bits per heavy atom. The minimum atomic E-state index is -3.77. The van der Waals surface area contributed by atoms with Gasteiger partial charge in [-0.1, -0.05) is 29.8 Å². The van der Waals surface area contributed by atoms with E-state index in [1.165, 1.54) is 18.3 Å². The molecular weight excluding hydrogens is 422 g/mol. The van der Waals surface area contributed by atoms with Gasteiger partial charge in [0.05, 0.1) is 9.79 Å². The van der Waals surface area contributed by atoms with Gasteiger partial charge < -0.3 is 9.88 Å². The highest BCUT2D eigenvalue weighted by Crippen LogP contribution is 2.30. The first kappa shape index (κ1) is 20.1. The first-order valence-electron chi connectivity index (χ1n) is 9.19. The van der Waals surface area contributed by atoms with Gasteiger partial charge in [-0.25, -0.2) is 8.42 Å². The Balaban J connectivity index is 1.64. The van der Waals surface area contributed by atoms with Crippen LogP contribution < -0.4 is 5.32 Å². The Morgan fingerprint density at radius 2 is 1.70 bits per heavy atom. The molecule has 30 heavy (non-hydrogen) atoms. The van der Waals surface area contributed by atoms with E-state index in [9.17, 15) is 13.2 Å². The van der Waals surface area contributed by atoms with E-state index in [0.29, 0.717) is 22.5 Å². The molecule has 0 atom stereocenters. The highest BCUT2D eigenvalue weighted by molar-refractivity contribution is 7.91. The molecule has 2 heterocycles. The maximum atomic E-state index is 13.2. The second kappa shape index (κ2) is 8.30. The van der Waals surface area contributed by atoms with Crippen LogP contribution in [0.5, 0.6) is 0 Å². The van der Waals surface area contributed by atoms with Crippen molar-refractivity contribution in [2.45, 2.75) is 22.9 Å². The molecule has 8 heteroatoms. The summed E-state index contributed by atoms with van der Waals surface area (Å²) in [6, 6.07) is 16.8. The Morgan fingerprint density at radius 1 is 1.00 bits per heavy atom. The molecule has 0 spiro atoms. The predicted octanol–water partition coefficient (Wildman–Crippen LogP) is 3.84. The van der Waals surface area contributed by atoms with Gasteiger partial charge in [0.15, 0.2) is 0 Å². The molecule has 6 nitrogen and oxygen atoms in total. The topological polar surface area (TPSA) is 81.1 Å². The largest absolute Gasteiger partial charge is 0.350 e. The quantitative estimate of drug-likeness (QED) is 0.495. The highest BCUT2D eigenvalue weighted by atomic mass is 35.5. The predicted molar refractivity (Wildman–Crippen MR) is 115 cm³/mol. The maximum Gasteiger partial charge on any atom is 0.240 e. The standard InChI is InChI=1S/C22H18ClN3O3S/c23-17-5-7-18(8-6-17)30(28,29)21-14-26(20-4-2-1-3-19(20)21)15-22(27)25-13-16-9-11-24-12-10-16/h1-12,14H,13,15H2,(H,25,27). The van der Waals surface area contributed by atoms with Gasteiger partial charge in [-0.05, 0) is 48.0 Å². The minimum absolute atomic E-state index is 0.00172. The van der Waals surface area contributed by atoms with Crippen molar-refractivity contribution < 1.29 is 13.2 Å². The van der Waals surface area contributed by atoms with Crippen LogP contribution in [-0.4, -0.2) is 23.9 Å². The number of benzene rings is 2. The van der Waals surface area contributed by atoms with Gasteiger partial charge in [-0.3, -0.25) is 9.78 Å². The van der Waals surface area contributed by atoms with Crippen LogP contribution in [-0.2, 0) is 27.7 Å². The first-order valence-corrected chi connectivity index (χ1v) is 11.1. The van der Waals surface area contributed by atoms with E-state index in [4.69, 9.17) is 11.6 Å². The van der Waals surface area contributed by atoms with Gasteiger partial charge in [0.2, 0.25) is 15.7 Å². The molecule has 0 bridgehead atoms. The zero-order valence-corrected chi connectivity index (χ0v) is 17.4. The lowest BCUT2D eigenvalue weighted by atomic mass is 10.2. The molecule has 152 valence electrons. The van der Waals surface area contributed by atoms with Crippen LogP contribution in [0, 0.1) is 0 Å². The fourth-order valence-electron chi connectivity index (χ4n) is 3.21. The van der Waals surface area contributed by atoms with Crippen LogP contribution in [0.25, 0.3) is 10.9 Å². The summed E-state index contributed by atoms with van der Waals surface area (Å²) in [6.45, 7) is 0.373. The van der Waals surface area contributed by atoms with Crippen molar-refractivity contribution in [2.24, 2.45) is 0 Å². The minimum Gasteiger partial charge on any atom is -0.350 e. The molecular formula is C22H18ClN3O3S. The number of para-hydroxylation sites is 1. The van der Waals surface area contributed by atoms with E-state index in [1.54, 1.807) is 47.3 Å². The van der Waals surface area contributed by atoms with Gasteiger partial charge in [-0.2, -0.15) is 0 Å². The van der Waals surface area contributed by atoms with Gasteiger partial charge in [0.1, 0.15) is 6.54 Å². The van der Waals surface area contributed by atoms with Crippen LogP contribution in [0.1, 0.15) is 5.56 Å². The summed E-state index contributed by atoms with van der Waals surface area (Å²) < 4.78 is 28.1. The number of rotatable bonds is 6. The second-order valence-corrected chi connectivity index (χ2v) is 9.08. The van der Waals surface area contributed by atoms with E-state index in [1.807, 2.05) is 18.2 Å². The smallest absolute Gasteiger partial charge is 0.240 e. The van der Waals surface area contributed by atoms with Gasteiger partial charge in [0.25, 0.3) is 0 Å². The van der Waals surface area contributed by atoms with Crippen molar-refractivity contribution in [1.29, 1.82) is 0 Å². The van der Waals surface area contributed by atoms with Gasteiger partial charge in [0, 0.05) is 41.1 Å². The molecule has 0 radical (unpaired) electrons. The third-order valence-electron chi connectivity index (χ3n) is 4.72. The summed E-state index contributed by atoms with van der Waals surface area (Å²) in [5.74, 6) is -0.219. The number of nitrogens with one attached hydrogen (secondary N) is 1. The van der Waals surface area contributed by atoms with E-state index in [0.717, 1.165) is 5.56 Å². The number of pyridine rings is 1. The molecule has 2 aromatic carbocycles. The molecule has 1 N–H and O–H groups in total. The number of sulfone groups is 1. The third-order valence-corrected chi connectivity index (χ3v) is 6.77. The lowest BCUT2D eigenvalue weighted by molar-refractivity contribution is -0.121. The summed E-state index contributed by atoms with van der Waals surface area (Å²) in [6.07, 6.45) is 4.84. The van der Waals surface area contributed by atoms with Crippen LogP contribution in [0.15, 0.2) is 89.0 Å². The summed E-state index contributed by atoms with van der Waals surface area (Å²) in [4.78, 5) is 16.7. The van der Waals surface area contributed by atoms with Crippen molar-refractivity contribution >= 4 is 38.2 Å². The first-order chi connectivity index (χ1) is 14.4. The molecule has 0 saturated carbocycles. The Kier molecular flexibility index (Phi) is 5.57. The number of amides is 1.